The number of amides is 1. The van der Waals surface area contributed by atoms with Gasteiger partial charge in [0.2, 0.25) is 0 Å². The molecule has 0 aliphatic carbocycles. The minimum absolute atomic E-state index is 0.000378. The van der Waals surface area contributed by atoms with Crippen LogP contribution in [0.4, 0.5) is 16.2 Å². The first-order valence-electron chi connectivity index (χ1n) is 8.95. The maximum atomic E-state index is 12.5. The van der Waals surface area contributed by atoms with Crippen molar-refractivity contribution in [3.8, 4) is 0 Å². The first-order valence-corrected chi connectivity index (χ1v) is 10.9. The lowest BCUT2D eigenvalue weighted by atomic mass is 10.2. The van der Waals surface area contributed by atoms with E-state index < -0.39 is 16.1 Å². The standard InChI is InChI=1S/C17H27ClN4O5S/c1-20-7-10-22(2,11-8-20)9-4-12-28(25,26)21(24)14-5-6-16(15(18)13-14)19-17(23)27-3/h5-6,13,24H,4,7-12H2,1-3H3/p+1. The SMILES string of the molecule is COC(=O)Nc1ccc(N(O)S(=O)(=O)CCC[N+]2(C)CCN(C)CC2)cc1Cl. The highest BCUT2D eigenvalue weighted by Gasteiger charge is 2.28. The van der Waals surface area contributed by atoms with Crippen molar-refractivity contribution in [2.24, 2.45) is 0 Å². The van der Waals surface area contributed by atoms with E-state index in [4.69, 9.17) is 11.6 Å². The first kappa shape index (κ1) is 22.7. The summed E-state index contributed by atoms with van der Waals surface area (Å²) in [5, 5.41) is 12.7. The van der Waals surface area contributed by atoms with Gasteiger partial charge in [-0.15, -0.1) is 4.47 Å². The van der Waals surface area contributed by atoms with Gasteiger partial charge in [-0.25, -0.2) is 13.2 Å². The van der Waals surface area contributed by atoms with Gasteiger partial charge in [-0.3, -0.25) is 15.4 Å². The maximum absolute atomic E-state index is 12.5. The van der Waals surface area contributed by atoms with Crippen LogP contribution < -0.4 is 9.79 Å². The summed E-state index contributed by atoms with van der Waals surface area (Å²) in [5.41, 5.74) is 0.246. The number of benzene rings is 1. The zero-order valence-electron chi connectivity index (χ0n) is 16.4. The smallest absolute Gasteiger partial charge is 0.411 e. The lowest BCUT2D eigenvalue weighted by molar-refractivity contribution is -0.913. The molecule has 0 bridgehead atoms. The van der Waals surface area contributed by atoms with Crippen molar-refractivity contribution in [3.05, 3.63) is 23.2 Å². The van der Waals surface area contributed by atoms with Crippen LogP contribution in [0.3, 0.4) is 0 Å². The zero-order chi connectivity index (χ0) is 20.9. The van der Waals surface area contributed by atoms with Gasteiger partial charge >= 0.3 is 6.09 Å². The Hall–Kier alpha value is -1.59. The molecule has 0 spiro atoms. The minimum Gasteiger partial charge on any atom is -0.453 e. The van der Waals surface area contributed by atoms with Gasteiger partial charge in [0.1, 0.15) is 0 Å². The second-order valence-electron chi connectivity index (χ2n) is 7.29. The van der Waals surface area contributed by atoms with Crippen LogP contribution in [0, 0.1) is 0 Å². The molecule has 0 aromatic heterocycles. The highest BCUT2D eigenvalue weighted by molar-refractivity contribution is 7.92. The number of hydrogen-bond acceptors (Lipinski definition) is 6. The molecule has 1 saturated heterocycles. The molecule has 9 nitrogen and oxygen atoms in total. The molecule has 1 aliphatic rings. The van der Waals surface area contributed by atoms with E-state index in [1.54, 1.807) is 0 Å². The highest BCUT2D eigenvalue weighted by Crippen LogP contribution is 2.28. The third-order valence-electron chi connectivity index (χ3n) is 5.00. The van der Waals surface area contributed by atoms with Gasteiger partial charge in [-0.05, 0) is 25.2 Å². The summed E-state index contributed by atoms with van der Waals surface area (Å²) in [6, 6.07) is 4.01. The van der Waals surface area contributed by atoms with Crippen molar-refractivity contribution in [2.75, 3.05) is 69.5 Å². The number of anilines is 2. The van der Waals surface area contributed by atoms with Crippen LogP contribution in [0.1, 0.15) is 6.42 Å². The number of hydrogen-bond donors (Lipinski definition) is 2. The van der Waals surface area contributed by atoms with E-state index in [1.165, 1.54) is 25.3 Å². The van der Waals surface area contributed by atoms with Crippen LogP contribution in [0.15, 0.2) is 18.2 Å². The van der Waals surface area contributed by atoms with E-state index in [9.17, 15) is 18.4 Å². The van der Waals surface area contributed by atoms with Gasteiger partial charge in [0.25, 0.3) is 10.0 Å². The molecule has 0 unspecified atom stereocenters. The number of rotatable bonds is 7. The van der Waals surface area contributed by atoms with Crippen LogP contribution in [0.5, 0.6) is 0 Å². The molecular formula is C17H28ClN4O5S+. The number of carbonyl (C=O) groups excluding carboxylic acids is 1. The topological polar surface area (TPSA) is 99.2 Å². The zero-order valence-corrected chi connectivity index (χ0v) is 18.0. The number of sulfonamides is 1. The number of nitrogens with one attached hydrogen (secondary N) is 1. The average molecular weight is 436 g/mol. The number of likely N-dealkylation sites (N-methyl/N-ethyl adjacent to an activating group) is 2. The van der Waals surface area contributed by atoms with Crippen LogP contribution >= 0.6 is 11.6 Å². The number of methoxy groups -OCH3 is 1. The Balaban J connectivity index is 1.97. The van der Waals surface area contributed by atoms with E-state index >= 15 is 0 Å². The van der Waals surface area contributed by atoms with Crippen molar-refractivity contribution >= 4 is 39.1 Å². The molecule has 1 aromatic rings. The number of ether oxygens (including phenoxy) is 1. The quantitative estimate of drug-likeness (QED) is 0.500. The molecule has 11 heteroatoms. The maximum Gasteiger partial charge on any atom is 0.411 e. The fourth-order valence-corrected chi connectivity index (χ4v) is 4.36. The number of carbonyl (C=O) groups is 1. The van der Waals surface area contributed by atoms with Gasteiger partial charge < -0.3 is 9.22 Å². The molecule has 1 fully saturated rings. The summed E-state index contributed by atoms with van der Waals surface area (Å²) in [7, 11) is 1.51. The number of quaternary nitrogens is 1. The first-order chi connectivity index (χ1) is 13.1. The molecular weight excluding hydrogens is 408 g/mol. The van der Waals surface area contributed by atoms with Crippen LogP contribution in [0.25, 0.3) is 0 Å². The van der Waals surface area contributed by atoms with E-state index in [-0.39, 0.29) is 26.6 Å². The molecule has 1 aromatic carbocycles. The van der Waals surface area contributed by atoms with Crippen molar-refractivity contribution in [1.29, 1.82) is 0 Å². The minimum atomic E-state index is -3.91. The molecule has 1 heterocycles. The van der Waals surface area contributed by atoms with Gasteiger partial charge in [-0.2, -0.15) is 0 Å². The van der Waals surface area contributed by atoms with Crippen LogP contribution in [-0.4, -0.2) is 88.8 Å². The van der Waals surface area contributed by atoms with Crippen molar-refractivity contribution in [1.82, 2.24) is 4.90 Å². The van der Waals surface area contributed by atoms with Crippen molar-refractivity contribution < 1.29 is 27.6 Å². The molecule has 0 atom stereocenters. The van der Waals surface area contributed by atoms with Gasteiger partial charge in [0.15, 0.2) is 0 Å². The predicted octanol–water partition coefficient (Wildman–Crippen LogP) is 1.83. The monoisotopic (exact) mass is 435 g/mol. The highest BCUT2D eigenvalue weighted by atomic mass is 35.5. The van der Waals surface area contributed by atoms with E-state index in [0.717, 1.165) is 37.2 Å². The summed E-state index contributed by atoms with van der Waals surface area (Å²) in [4.78, 5) is 13.5. The average Bonchev–Trinajstić information content (AvgIpc) is 2.65. The third-order valence-corrected chi connectivity index (χ3v) is 6.86. The van der Waals surface area contributed by atoms with Crippen LogP contribution in [-0.2, 0) is 14.8 Å². The van der Waals surface area contributed by atoms with E-state index in [1.807, 2.05) is 0 Å². The fraction of sp³-hybridized carbons (Fsp3) is 0.588. The number of halogens is 1. The summed E-state index contributed by atoms with van der Waals surface area (Å²) in [6.07, 6.45) is -0.265. The summed E-state index contributed by atoms with van der Waals surface area (Å²) >= 11 is 6.05. The Morgan fingerprint density at radius 1 is 1.39 bits per heavy atom. The van der Waals surface area contributed by atoms with E-state index in [0.29, 0.717) is 6.42 Å². The summed E-state index contributed by atoms with van der Waals surface area (Å²) < 4.78 is 30.5. The molecule has 0 saturated carbocycles. The Kier molecular flexibility index (Phi) is 7.52. The Morgan fingerprint density at radius 2 is 2.04 bits per heavy atom. The largest absolute Gasteiger partial charge is 0.453 e. The second kappa shape index (κ2) is 9.27. The Bertz CT molecular complexity index is 797. The summed E-state index contributed by atoms with van der Waals surface area (Å²) in [6.45, 7) is 4.65. The van der Waals surface area contributed by atoms with Gasteiger partial charge in [0, 0.05) is 19.5 Å². The second-order valence-corrected chi connectivity index (χ2v) is 9.61. The molecule has 1 aliphatic heterocycles. The lowest BCUT2D eigenvalue weighted by Gasteiger charge is -2.41. The Morgan fingerprint density at radius 3 is 2.61 bits per heavy atom. The summed E-state index contributed by atoms with van der Waals surface area (Å²) in [5.74, 6) is -0.174. The molecule has 2 N–H and O–H groups in total. The molecule has 158 valence electrons. The van der Waals surface area contributed by atoms with Crippen molar-refractivity contribution in [3.63, 3.8) is 0 Å². The third kappa shape index (κ3) is 5.95. The fourth-order valence-electron chi connectivity index (χ4n) is 3.03. The van der Waals surface area contributed by atoms with Crippen molar-refractivity contribution in [2.45, 2.75) is 6.42 Å². The Labute approximate surface area is 171 Å². The molecule has 1 amide bonds. The molecule has 2 rings (SSSR count). The predicted molar refractivity (Wildman–Crippen MR) is 108 cm³/mol. The van der Waals surface area contributed by atoms with Gasteiger partial charge in [0.05, 0.1) is 55.9 Å². The molecule has 28 heavy (non-hydrogen) atoms. The normalized spacial score (nSPS) is 17.2. The van der Waals surface area contributed by atoms with E-state index in [2.05, 4.69) is 29.0 Å². The number of piperazine rings is 1. The lowest BCUT2D eigenvalue weighted by Crippen LogP contribution is -2.56. The van der Waals surface area contributed by atoms with Crippen LogP contribution in [0.2, 0.25) is 5.02 Å². The molecule has 0 radical (unpaired) electrons. The number of nitrogens with zero attached hydrogens (tertiary/aromatic N) is 3. The van der Waals surface area contributed by atoms with Gasteiger partial charge in [-0.1, -0.05) is 11.6 Å².